The number of aromatic hydroxyl groups is 1. The molecule has 2 rings (SSSR count). The Morgan fingerprint density at radius 2 is 1.73 bits per heavy atom. The summed E-state index contributed by atoms with van der Waals surface area (Å²) in [6, 6.07) is 10.4. The molecule has 0 aromatic heterocycles. The molecule has 2 aromatic carbocycles. The molecule has 2 aromatic rings. The Bertz CT molecular complexity index is 852. The molecule has 0 unspecified atom stereocenters. The standard InChI is InChI=1S/C21H24N2O3/c1-5-16-18(24)11-10-17(19(16)20(25)12(2)3)14-6-8-15(9-7-14)21(23)26-13(4)22/h6-12,22-24H,5H2,1-4H3. The Hall–Kier alpha value is -2.95. The van der Waals surface area contributed by atoms with Crippen molar-refractivity contribution in [1.29, 1.82) is 10.8 Å². The van der Waals surface area contributed by atoms with Gasteiger partial charge in [0.15, 0.2) is 11.7 Å². The number of nitrogens with one attached hydrogen (secondary N) is 2. The van der Waals surface area contributed by atoms with Crippen molar-refractivity contribution in [2.75, 3.05) is 0 Å². The normalized spacial score (nSPS) is 10.7. The van der Waals surface area contributed by atoms with E-state index in [1.165, 1.54) is 6.92 Å². The highest BCUT2D eigenvalue weighted by molar-refractivity contribution is 6.05. The van der Waals surface area contributed by atoms with Gasteiger partial charge in [0, 0.05) is 29.5 Å². The summed E-state index contributed by atoms with van der Waals surface area (Å²) >= 11 is 0. The van der Waals surface area contributed by atoms with E-state index in [2.05, 4.69) is 0 Å². The van der Waals surface area contributed by atoms with Gasteiger partial charge in [-0.05, 0) is 41.8 Å². The maximum Gasteiger partial charge on any atom is 0.220 e. The first-order valence-corrected chi connectivity index (χ1v) is 8.57. The van der Waals surface area contributed by atoms with E-state index in [0.29, 0.717) is 23.1 Å². The zero-order valence-electron chi connectivity index (χ0n) is 15.5. The predicted molar refractivity (Wildman–Crippen MR) is 103 cm³/mol. The molecule has 0 aliphatic rings. The topological polar surface area (TPSA) is 94.2 Å². The van der Waals surface area contributed by atoms with Crippen LogP contribution in [0.15, 0.2) is 36.4 Å². The molecular weight excluding hydrogens is 328 g/mol. The van der Waals surface area contributed by atoms with E-state index in [-0.39, 0.29) is 29.2 Å². The molecule has 0 radical (unpaired) electrons. The van der Waals surface area contributed by atoms with E-state index in [0.717, 1.165) is 11.1 Å². The Morgan fingerprint density at radius 3 is 2.23 bits per heavy atom. The van der Waals surface area contributed by atoms with Gasteiger partial charge in [0.05, 0.1) is 0 Å². The summed E-state index contributed by atoms with van der Waals surface area (Å²) in [6.07, 6.45) is 0.558. The quantitative estimate of drug-likeness (QED) is 0.410. The van der Waals surface area contributed by atoms with E-state index in [4.69, 9.17) is 15.6 Å². The largest absolute Gasteiger partial charge is 0.508 e. The number of hydrogen-bond donors (Lipinski definition) is 3. The molecule has 5 heteroatoms. The zero-order valence-corrected chi connectivity index (χ0v) is 15.5. The first-order valence-electron chi connectivity index (χ1n) is 8.57. The summed E-state index contributed by atoms with van der Waals surface area (Å²) < 4.78 is 5.01. The number of Topliss-reactive ketones (excluding diaryl/α,β-unsaturated/α-hetero) is 1. The maximum absolute atomic E-state index is 12.8. The number of carbonyl (C=O) groups excluding carboxylic acids is 1. The summed E-state index contributed by atoms with van der Waals surface area (Å²) in [5.74, 6) is -0.199. The van der Waals surface area contributed by atoms with Gasteiger partial charge in [-0.3, -0.25) is 15.6 Å². The van der Waals surface area contributed by atoms with Crippen LogP contribution in [0, 0.1) is 16.7 Å². The van der Waals surface area contributed by atoms with Gasteiger partial charge in [0.25, 0.3) is 0 Å². The molecule has 0 saturated carbocycles. The average molecular weight is 352 g/mol. The molecule has 136 valence electrons. The van der Waals surface area contributed by atoms with Crippen molar-refractivity contribution in [2.45, 2.75) is 34.1 Å². The average Bonchev–Trinajstić information content (AvgIpc) is 2.60. The number of ketones is 1. The van der Waals surface area contributed by atoms with Crippen LogP contribution in [0.2, 0.25) is 0 Å². The number of benzene rings is 2. The van der Waals surface area contributed by atoms with Crippen LogP contribution in [0.5, 0.6) is 5.75 Å². The number of phenolic OH excluding ortho intramolecular Hbond substituents is 1. The minimum atomic E-state index is -0.183. The molecule has 0 spiro atoms. The highest BCUT2D eigenvalue weighted by atomic mass is 16.5. The molecule has 0 aliphatic carbocycles. The maximum atomic E-state index is 12.8. The molecule has 0 saturated heterocycles. The Labute approximate surface area is 153 Å². The second kappa shape index (κ2) is 7.95. The Balaban J connectivity index is 2.53. The van der Waals surface area contributed by atoms with Crippen molar-refractivity contribution in [3.05, 3.63) is 53.1 Å². The fourth-order valence-electron chi connectivity index (χ4n) is 2.82. The SMILES string of the molecule is CCc1c(O)ccc(-c2ccc(C(=N)OC(C)=N)cc2)c1C(=O)C(C)C. The number of ether oxygens (including phenoxy) is 1. The predicted octanol–water partition coefficient (Wildman–Crippen LogP) is 4.80. The fourth-order valence-corrected chi connectivity index (χ4v) is 2.82. The fraction of sp³-hybridized carbons (Fsp3) is 0.286. The highest BCUT2D eigenvalue weighted by Crippen LogP contribution is 2.34. The smallest absolute Gasteiger partial charge is 0.220 e. The molecule has 26 heavy (non-hydrogen) atoms. The van der Waals surface area contributed by atoms with Crippen molar-refractivity contribution in [3.8, 4) is 16.9 Å². The van der Waals surface area contributed by atoms with E-state index < -0.39 is 0 Å². The summed E-state index contributed by atoms with van der Waals surface area (Å²) in [7, 11) is 0. The number of phenols is 1. The van der Waals surface area contributed by atoms with Crippen LogP contribution in [0.25, 0.3) is 11.1 Å². The summed E-state index contributed by atoms with van der Waals surface area (Å²) in [4.78, 5) is 12.8. The first kappa shape index (κ1) is 19.4. The lowest BCUT2D eigenvalue weighted by molar-refractivity contribution is 0.0938. The van der Waals surface area contributed by atoms with Gasteiger partial charge in [0.2, 0.25) is 5.90 Å². The van der Waals surface area contributed by atoms with Crippen molar-refractivity contribution in [3.63, 3.8) is 0 Å². The van der Waals surface area contributed by atoms with Gasteiger partial charge in [-0.15, -0.1) is 0 Å². The van der Waals surface area contributed by atoms with Gasteiger partial charge >= 0.3 is 0 Å². The van der Waals surface area contributed by atoms with E-state index in [1.807, 2.05) is 32.9 Å². The van der Waals surface area contributed by atoms with Crippen molar-refractivity contribution < 1.29 is 14.6 Å². The van der Waals surface area contributed by atoms with Gasteiger partial charge in [-0.2, -0.15) is 0 Å². The monoisotopic (exact) mass is 352 g/mol. The van der Waals surface area contributed by atoms with Crippen LogP contribution < -0.4 is 0 Å². The van der Waals surface area contributed by atoms with E-state index >= 15 is 0 Å². The molecule has 0 aliphatic heterocycles. The van der Waals surface area contributed by atoms with Gasteiger partial charge in [-0.25, -0.2) is 0 Å². The second-order valence-electron chi connectivity index (χ2n) is 6.42. The Morgan fingerprint density at radius 1 is 1.12 bits per heavy atom. The van der Waals surface area contributed by atoms with Crippen LogP contribution in [0.3, 0.4) is 0 Å². The molecule has 0 heterocycles. The minimum Gasteiger partial charge on any atom is -0.508 e. The van der Waals surface area contributed by atoms with Crippen LogP contribution >= 0.6 is 0 Å². The molecule has 3 N–H and O–H groups in total. The summed E-state index contributed by atoms with van der Waals surface area (Å²) in [6.45, 7) is 7.07. The lowest BCUT2D eigenvalue weighted by Crippen LogP contribution is -2.12. The zero-order chi connectivity index (χ0) is 19.4. The van der Waals surface area contributed by atoms with Crippen LogP contribution in [0.4, 0.5) is 0 Å². The van der Waals surface area contributed by atoms with Gasteiger partial charge in [0.1, 0.15) is 5.75 Å². The summed E-state index contributed by atoms with van der Waals surface area (Å²) in [5, 5.41) is 25.3. The molecule has 0 bridgehead atoms. The molecular formula is C21H24N2O3. The molecule has 0 atom stereocenters. The van der Waals surface area contributed by atoms with Crippen molar-refractivity contribution in [1.82, 2.24) is 0 Å². The molecule has 0 fully saturated rings. The first-order chi connectivity index (χ1) is 12.3. The van der Waals surface area contributed by atoms with Gasteiger partial charge in [-0.1, -0.05) is 32.9 Å². The second-order valence-corrected chi connectivity index (χ2v) is 6.42. The third-order valence-electron chi connectivity index (χ3n) is 4.13. The lowest BCUT2D eigenvalue weighted by atomic mass is 9.87. The van der Waals surface area contributed by atoms with Crippen LogP contribution in [-0.4, -0.2) is 22.7 Å². The molecule has 0 amide bonds. The Kier molecular flexibility index (Phi) is 5.93. The van der Waals surface area contributed by atoms with E-state index in [9.17, 15) is 9.90 Å². The highest BCUT2D eigenvalue weighted by Gasteiger charge is 2.21. The van der Waals surface area contributed by atoms with Crippen molar-refractivity contribution in [2.24, 2.45) is 5.92 Å². The molecule has 5 nitrogen and oxygen atoms in total. The lowest BCUT2D eigenvalue weighted by Gasteiger charge is -2.17. The number of rotatable bonds is 5. The minimum absolute atomic E-state index is 0.00710. The summed E-state index contributed by atoms with van der Waals surface area (Å²) in [5.41, 5.74) is 3.34. The van der Waals surface area contributed by atoms with Gasteiger partial charge < -0.3 is 9.84 Å². The number of carbonyl (C=O) groups is 1. The third-order valence-corrected chi connectivity index (χ3v) is 4.13. The van der Waals surface area contributed by atoms with E-state index in [1.54, 1.807) is 24.3 Å². The van der Waals surface area contributed by atoms with Crippen LogP contribution in [0.1, 0.15) is 49.2 Å². The third kappa shape index (κ3) is 3.99. The van der Waals surface area contributed by atoms with Crippen LogP contribution in [-0.2, 0) is 11.2 Å². The number of hydrogen-bond acceptors (Lipinski definition) is 5. The van der Waals surface area contributed by atoms with Crippen molar-refractivity contribution >= 4 is 17.6 Å².